The van der Waals surface area contributed by atoms with E-state index in [1.165, 1.54) is 18.3 Å². The van der Waals surface area contributed by atoms with Crippen LogP contribution in [-0.2, 0) is 11.2 Å². The first-order chi connectivity index (χ1) is 10.1. The molecule has 0 bridgehead atoms. The lowest BCUT2D eigenvalue weighted by Crippen LogP contribution is -2.10. The molecule has 1 aromatic carbocycles. The number of rotatable bonds is 5. The molecule has 0 unspecified atom stereocenters. The van der Waals surface area contributed by atoms with Crippen molar-refractivity contribution in [3.63, 3.8) is 0 Å². The number of carbonyl (C=O) groups excluding carboxylic acids is 2. The van der Waals surface area contributed by atoms with Gasteiger partial charge in [-0.25, -0.2) is 0 Å². The minimum Gasteiger partial charge on any atom is -0.396 e. The summed E-state index contributed by atoms with van der Waals surface area (Å²) in [5, 5.41) is 14.9. The molecule has 0 spiro atoms. The van der Waals surface area contributed by atoms with E-state index in [4.69, 9.17) is 5.11 Å². The Morgan fingerprint density at radius 2 is 1.81 bits per heavy atom. The van der Waals surface area contributed by atoms with Crippen LogP contribution >= 0.6 is 11.3 Å². The third-order valence-electron chi connectivity index (χ3n) is 2.74. The van der Waals surface area contributed by atoms with Crippen LogP contribution in [0.4, 0.5) is 10.7 Å². The van der Waals surface area contributed by atoms with Gasteiger partial charge in [0.05, 0.1) is 9.88 Å². The Balaban J connectivity index is 2.00. The predicted octanol–water partition coefficient (Wildman–Crippen LogP) is 2.49. The summed E-state index contributed by atoms with van der Waals surface area (Å²) in [4.78, 5) is 23.5. The van der Waals surface area contributed by atoms with E-state index in [1.807, 2.05) is 12.1 Å². The van der Waals surface area contributed by atoms with Crippen molar-refractivity contribution in [3.05, 3.63) is 46.8 Å². The SMILES string of the molecule is CC(=O)Nc1ccc(C(=O)Nc2ccc(CCO)cc2)s1. The van der Waals surface area contributed by atoms with Crippen LogP contribution in [0.1, 0.15) is 22.2 Å². The summed E-state index contributed by atoms with van der Waals surface area (Å²) in [6.07, 6.45) is 0.596. The fourth-order valence-electron chi connectivity index (χ4n) is 1.78. The largest absolute Gasteiger partial charge is 0.396 e. The summed E-state index contributed by atoms with van der Waals surface area (Å²) in [6.45, 7) is 1.53. The van der Waals surface area contributed by atoms with Gasteiger partial charge in [0.2, 0.25) is 5.91 Å². The number of aliphatic hydroxyl groups is 1. The van der Waals surface area contributed by atoms with Crippen LogP contribution in [0, 0.1) is 0 Å². The standard InChI is InChI=1S/C15H16N2O3S/c1-10(19)16-14-7-6-13(21-14)15(20)17-12-4-2-11(3-5-12)8-9-18/h2-7,18H,8-9H2,1H3,(H,16,19)(H,17,20). The molecule has 0 saturated heterocycles. The number of nitrogens with one attached hydrogen (secondary N) is 2. The van der Waals surface area contributed by atoms with E-state index in [9.17, 15) is 9.59 Å². The predicted molar refractivity (Wildman–Crippen MR) is 83.8 cm³/mol. The third-order valence-corrected chi connectivity index (χ3v) is 3.74. The molecular formula is C15H16N2O3S. The molecule has 21 heavy (non-hydrogen) atoms. The molecule has 0 aliphatic rings. The quantitative estimate of drug-likeness (QED) is 0.794. The molecule has 2 aromatic rings. The second-order valence-electron chi connectivity index (χ2n) is 4.47. The Kier molecular flexibility index (Phi) is 5.08. The Labute approximate surface area is 126 Å². The van der Waals surface area contributed by atoms with Crippen molar-refractivity contribution >= 4 is 33.8 Å². The number of benzene rings is 1. The Morgan fingerprint density at radius 1 is 1.10 bits per heavy atom. The molecule has 0 radical (unpaired) electrons. The topological polar surface area (TPSA) is 78.4 Å². The molecule has 0 aliphatic heterocycles. The number of carbonyl (C=O) groups is 2. The fraction of sp³-hybridized carbons (Fsp3) is 0.200. The van der Waals surface area contributed by atoms with Gasteiger partial charge in [-0.2, -0.15) is 0 Å². The van der Waals surface area contributed by atoms with Gasteiger partial charge in [0.1, 0.15) is 0 Å². The maximum atomic E-state index is 12.1. The minimum absolute atomic E-state index is 0.104. The van der Waals surface area contributed by atoms with Gasteiger partial charge in [0, 0.05) is 19.2 Å². The van der Waals surface area contributed by atoms with Crippen LogP contribution in [0.15, 0.2) is 36.4 Å². The van der Waals surface area contributed by atoms with E-state index in [0.717, 1.165) is 5.56 Å². The highest BCUT2D eigenvalue weighted by Crippen LogP contribution is 2.23. The van der Waals surface area contributed by atoms with Gasteiger partial charge in [-0.15, -0.1) is 11.3 Å². The Morgan fingerprint density at radius 3 is 2.43 bits per heavy atom. The highest BCUT2D eigenvalue weighted by atomic mass is 32.1. The van der Waals surface area contributed by atoms with Crippen molar-refractivity contribution in [2.75, 3.05) is 17.2 Å². The Hall–Kier alpha value is -2.18. The van der Waals surface area contributed by atoms with Crippen molar-refractivity contribution in [1.82, 2.24) is 0 Å². The van der Waals surface area contributed by atoms with Gasteiger partial charge in [-0.3, -0.25) is 9.59 Å². The van der Waals surface area contributed by atoms with Gasteiger partial charge in [0.15, 0.2) is 0 Å². The maximum absolute atomic E-state index is 12.1. The summed E-state index contributed by atoms with van der Waals surface area (Å²) in [7, 11) is 0. The van der Waals surface area contributed by atoms with Gasteiger partial charge in [-0.1, -0.05) is 12.1 Å². The molecule has 0 saturated carbocycles. The number of anilines is 2. The van der Waals surface area contributed by atoms with E-state index in [-0.39, 0.29) is 18.4 Å². The monoisotopic (exact) mass is 304 g/mol. The second-order valence-corrected chi connectivity index (χ2v) is 5.55. The number of thiophene rings is 1. The van der Waals surface area contributed by atoms with Crippen molar-refractivity contribution in [3.8, 4) is 0 Å². The molecule has 0 atom stereocenters. The van der Waals surface area contributed by atoms with Gasteiger partial charge < -0.3 is 15.7 Å². The fourth-order valence-corrected chi connectivity index (χ4v) is 2.62. The van der Waals surface area contributed by atoms with Crippen molar-refractivity contribution in [2.24, 2.45) is 0 Å². The number of amides is 2. The molecule has 2 rings (SSSR count). The smallest absolute Gasteiger partial charge is 0.265 e. The molecule has 1 heterocycles. The van der Waals surface area contributed by atoms with Crippen molar-refractivity contribution in [1.29, 1.82) is 0 Å². The number of hydrogen-bond acceptors (Lipinski definition) is 4. The first kappa shape index (κ1) is 15.2. The third kappa shape index (κ3) is 4.40. The van der Waals surface area contributed by atoms with E-state index >= 15 is 0 Å². The molecule has 2 amide bonds. The lowest BCUT2D eigenvalue weighted by atomic mass is 10.1. The highest BCUT2D eigenvalue weighted by molar-refractivity contribution is 7.18. The molecule has 0 fully saturated rings. The van der Waals surface area contributed by atoms with E-state index < -0.39 is 0 Å². The summed E-state index contributed by atoms with van der Waals surface area (Å²) in [5.41, 5.74) is 1.70. The normalized spacial score (nSPS) is 10.2. The van der Waals surface area contributed by atoms with E-state index in [1.54, 1.807) is 24.3 Å². The lowest BCUT2D eigenvalue weighted by Gasteiger charge is -2.05. The molecule has 0 aliphatic carbocycles. The van der Waals surface area contributed by atoms with Gasteiger partial charge in [-0.05, 0) is 36.2 Å². The van der Waals surface area contributed by atoms with Crippen LogP contribution < -0.4 is 10.6 Å². The molecule has 5 nitrogen and oxygen atoms in total. The van der Waals surface area contributed by atoms with Crippen LogP contribution in [0.2, 0.25) is 0 Å². The van der Waals surface area contributed by atoms with Crippen LogP contribution in [0.5, 0.6) is 0 Å². The van der Waals surface area contributed by atoms with Crippen LogP contribution in [0.25, 0.3) is 0 Å². The highest BCUT2D eigenvalue weighted by Gasteiger charge is 2.10. The average Bonchev–Trinajstić information content (AvgIpc) is 2.89. The zero-order valence-corrected chi connectivity index (χ0v) is 12.4. The number of hydrogen-bond donors (Lipinski definition) is 3. The van der Waals surface area contributed by atoms with Gasteiger partial charge in [0.25, 0.3) is 5.91 Å². The first-order valence-corrected chi connectivity index (χ1v) is 7.28. The minimum atomic E-state index is -0.216. The zero-order valence-electron chi connectivity index (χ0n) is 11.6. The summed E-state index contributed by atoms with van der Waals surface area (Å²) in [6, 6.07) is 10.7. The van der Waals surface area contributed by atoms with E-state index in [0.29, 0.717) is 22.0 Å². The molecule has 3 N–H and O–H groups in total. The maximum Gasteiger partial charge on any atom is 0.265 e. The molecule has 1 aromatic heterocycles. The van der Waals surface area contributed by atoms with Crippen LogP contribution in [-0.4, -0.2) is 23.5 Å². The lowest BCUT2D eigenvalue weighted by molar-refractivity contribution is -0.114. The van der Waals surface area contributed by atoms with Crippen LogP contribution in [0.3, 0.4) is 0 Å². The van der Waals surface area contributed by atoms with Gasteiger partial charge >= 0.3 is 0 Å². The molecule has 6 heteroatoms. The number of aliphatic hydroxyl groups excluding tert-OH is 1. The average molecular weight is 304 g/mol. The zero-order chi connectivity index (χ0) is 15.2. The Bertz CT molecular complexity index is 635. The summed E-state index contributed by atoms with van der Waals surface area (Å²) < 4.78 is 0. The molecule has 110 valence electrons. The first-order valence-electron chi connectivity index (χ1n) is 6.47. The molecular weight excluding hydrogens is 288 g/mol. The van der Waals surface area contributed by atoms with Crippen molar-refractivity contribution < 1.29 is 14.7 Å². The summed E-state index contributed by atoms with van der Waals surface area (Å²) >= 11 is 1.22. The summed E-state index contributed by atoms with van der Waals surface area (Å²) in [5.74, 6) is -0.380. The van der Waals surface area contributed by atoms with Crippen molar-refractivity contribution in [2.45, 2.75) is 13.3 Å². The van der Waals surface area contributed by atoms with E-state index in [2.05, 4.69) is 10.6 Å². The second kappa shape index (κ2) is 7.01.